The predicted octanol–water partition coefficient (Wildman–Crippen LogP) is 1.53. The van der Waals surface area contributed by atoms with Crippen molar-refractivity contribution in [2.75, 3.05) is 31.3 Å². The van der Waals surface area contributed by atoms with E-state index in [1.54, 1.807) is 6.07 Å². The number of benzene rings is 2. The molecule has 0 spiro atoms. The third-order valence-corrected chi connectivity index (χ3v) is 4.98. The highest BCUT2D eigenvalue weighted by Crippen LogP contribution is 2.33. The van der Waals surface area contributed by atoms with E-state index in [0.717, 1.165) is 10.6 Å². The lowest BCUT2D eigenvalue weighted by molar-refractivity contribution is -0.384. The molecule has 1 N–H and O–H groups in total. The lowest BCUT2D eigenvalue weighted by atomic mass is 10.2. The van der Waals surface area contributed by atoms with Crippen molar-refractivity contribution in [2.45, 2.75) is 0 Å². The minimum absolute atomic E-state index is 0.0755. The molecule has 0 aliphatic rings. The zero-order valence-corrected chi connectivity index (χ0v) is 17.3. The van der Waals surface area contributed by atoms with Crippen LogP contribution in [0.2, 0.25) is 0 Å². The molecule has 0 aromatic heterocycles. The first-order chi connectivity index (χ1) is 14.2. The zero-order valence-electron chi connectivity index (χ0n) is 16.4. The van der Waals surface area contributed by atoms with E-state index < -0.39 is 27.4 Å². The van der Waals surface area contributed by atoms with Crippen LogP contribution in [0.25, 0.3) is 0 Å². The van der Waals surface area contributed by atoms with E-state index in [2.05, 4.69) is 10.5 Å². The molecular formula is C18H20N4O7S. The van der Waals surface area contributed by atoms with E-state index in [1.165, 1.54) is 56.8 Å². The SMILES string of the molecule is COc1ccc(N(CC(=O)N/N=C\c2ccc([N+](=O)[O-])cc2)S(C)(=O)=O)c(OC)c1. The molecule has 11 nitrogen and oxygen atoms in total. The van der Waals surface area contributed by atoms with Crippen molar-refractivity contribution < 1.29 is 27.6 Å². The van der Waals surface area contributed by atoms with Crippen LogP contribution in [-0.4, -0.2) is 52.5 Å². The Morgan fingerprint density at radius 3 is 2.40 bits per heavy atom. The fourth-order valence-corrected chi connectivity index (χ4v) is 3.26. The number of nitrogens with one attached hydrogen (secondary N) is 1. The number of carbonyl (C=O) groups excluding carboxylic acids is 1. The second-order valence-electron chi connectivity index (χ2n) is 5.95. The summed E-state index contributed by atoms with van der Waals surface area (Å²) in [6, 6.07) is 10.0. The number of carbonyl (C=O) groups is 1. The monoisotopic (exact) mass is 436 g/mol. The number of methoxy groups -OCH3 is 2. The van der Waals surface area contributed by atoms with E-state index in [4.69, 9.17) is 9.47 Å². The van der Waals surface area contributed by atoms with Gasteiger partial charge in [0, 0.05) is 18.2 Å². The number of sulfonamides is 1. The number of nitrogens with zero attached hydrogens (tertiary/aromatic N) is 3. The molecule has 0 radical (unpaired) electrons. The van der Waals surface area contributed by atoms with E-state index in [-0.39, 0.29) is 17.1 Å². The van der Waals surface area contributed by atoms with Crippen LogP contribution in [0, 0.1) is 10.1 Å². The first-order valence-electron chi connectivity index (χ1n) is 8.42. The second kappa shape index (κ2) is 9.69. The standard InChI is InChI=1S/C18H20N4O7S/c1-28-15-8-9-16(17(10-15)29-2)21(30(3,26)27)12-18(23)20-19-11-13-4-6-14(7-5-13)22(24)25/h4-11H,12H2,1-3H3,(H,20,23)/b19-11-. The molecule has 2 aromatic rings. The van der Waals surface area contributed by atoms with Gasteiger partial charge in [-0.2, -0.15) is 5.10 Å². The third kappa shape index (κ3) is 5.91. The maximum atomic E-state index is 12.2. The number of hydrogen-bond acceptors (Lipinski definition) is 8. The first kappa shape index (κ1) is 22.6. The molecule has 0 bridgehead atoms. The van der Waals surface area contributed by atoms with Crippen molar-refractivity contribution in [3.8, 4) is 11.5 Å². The van der Waals surface area contributed by atoms with Gasteiger partial charge in [-0.05, 0) is 29.8 Å². The molecule has 0 unspecified atom stereocenters. The summed E-state index contributed by atoms with van der Waals surface area (Å²) in [4.78, 5) is 22.4. The Bertz CT molecular complexity index is 1050. The average molecular weight is 436 g/mol. The van der Waals surface area contributed by atoms with Crippen molar-refractivity contribution >= 4 is 33.5 Å². The Balaban J connectivity index is 2.14. The van der Waals surface area contributed by atoms with Gasteiger partial charge in [-0.1, -0.05) is 0 Å². The molecule has 0 heterocycles. The Morgan fingerprint density at radius 1 is 1.20 bits per heavy atom. The lowest BCUT2D eigenvalue weighted by Gasteiger charge is -2.23. The van der Waals surface area contributed by atoms with Crippen LogP contribution in [0.15, 0.2) is 47.6 Å². The summed E-state index contributed by atoms with van der Waals surface area (Å²) in [6.45, 7) is -0.543. The normalized spacial score (nSPS) is 11.2. The van der Waals surface area contributed by atoms with Crippen molar-refractivity contribution in [1.29, 1.82) is 0 Å². The molecule has 12 heteroatoms. The predicted molar refractivity (Wildman–Crippen MR) is 111 cm³/mol. The summed E-state index contributed by atoms with van der Waals surface area (Å²) in [5.41, 5.74) is 2.82. The van der Waals surface area contributed by atoms with Gasteiger partial charge in [-0.15, -0.1) is 0 Å². The molecule has 1 amide bonds. The number of amides is 1. The Morgan fingerprint density at radius 2 is 1.87 bits per heavy atom. The van der Waals surface area contributed by atoms with Crippen molar-refractivity contribution in [2.24, 2.45) is 5.10 Å². The van der Waals surface area contributed by atoms with Crippen molar-refractivity contribution in [1.82, 2.24) is 5.43 Å². The molecule has 0 saturated carbocycles. The summed E-state index contributed by atoms with van der Waals surface area (Å²) in [7, 11) is -0.993. The van der Waals surface area contributed by atoms with Crippen LogP contribution in [-0.2, 0) is 14.8 Å². The Hall–Kier alpha value is -3.67. The fraction of sp³-hybridized carbons (Fsp3) is 0.222. The molecule has 0 saturated heterocycles. The maximum absolute atomic E-state index is 12.2. The van der Waals surface area contributed by atoms with Gasteiger partial charge in [-0.3, -0.25) is 19.2 Å². The molecule has 0 aliphatic heterocycles. The van der Waals surface area contributed by atoms with Crippen LogP contribution in [0.5, 0.6) is 11.5 Å². The highest BCUT2D eigenvalue weighted by atomic mass is 32.2. The summed E-state index contributed by atoms with van der Waals surface area (Å²) < 4.78 is 35.7. The van der Waals surface area contributed by atoms with Crippen LogP contribution >= 0.6 is 0 Å². The first-order valence-corrected chi connectivity index (χ1v) is 10.3. The van der Waals surface area contributed by atoms with Gasteiger partial charge < -0.3 is 9.47 Å². The van der Waals surface area contributed by atoms with Gasteiger partial charge in [0.25, 0.3) is 11.6 Å². The molecule has 2 aromatic carbocycles. The molecule has 0 aliphatic carbocycles. The third-order valence-electron chi connectivity index (χ3n) is 3.85. The van der Waals surface area contributed by atoms with Crippen LogP contribution in [0.3, 0.4) is 0 Å². The number of non-ortho nitro benzene ring substituents is 1. The van der Waals surface area contributed by atoms with Gasteiger partial charge in [0.1, 0.15) is 18.0 Å². The van der Waals surface area contributed by atoms with Crippen LogP contribution in [0.1, 0.15) is 5.56 Å². The number of nitro benzene ring substituents is 1. The summed E-state index contributed by atoms with van der Waals surface area (Å²) in [6.07, 6.45) is 2.24. The molecule has 30 heavy (non-hydrogen) atoms. The Labute approximate surface area is 173 Å². The number of anilines is 1. The van der Waals surface area contributed by atoms with Gasteiger partial charge in [0.15, 0.2) is 0 Å². The minimum atomic E-state index is -3.82. The highest BCUT2D eigenvalue weighted by Gasteiger charge is 2.24. The summed E-state index contributed by atoms with van der Waals surface area (Å²) >= 11 is 0. The zero-order chi connectivity index (χ0) is 22.3. The van der Waals surface area contributed by atoms with E-state index in [1.807, 2.05) is 0 Å². The van der Waals surface area contributed by atoms with Crippen LogP contribution in [0.4, 0.5) is 11.4 Å². The average Bonchev–Trinajstić information content (AvgIpc) is 2.71. The molecule has 0 atom stereocenters. The van der Waals surface area contributed by atoms with Gasteiger partial charge in [0.2, 0.25) is 10.0 Å². The number of hydrazone groups is 1. The van der Waals surface area contributed by atoms with Gasteiger partial charge in [0.05, 0.1) is 37.3 Å². The largest absolute Gasteiger partial charge is 0.497 e. The minimum Gasteiger partial charge on any atom is -0.497 e. The summed E-state index contributed by atoms with van der Waals surface area (Å²) in [5.74, 6) is -0.0281. The Kier molecular flexibility index (Phi) is 7.31. The van der Waals surface area contributed by atoms with E-state index >= 15 is 0 Å². The lowest BCUT2D eigenvalue weighted by Crippen LogP contribution is -2.39. The second-order valence-corrected chi connectivity index (χ2v) is 7.86. The smallest absolute Gasteiger partial charge is 0.269 e. The number of nitro groups is 1. The highest BCUT2D eigenvalue weighted by molar-refractivity contribution is 7.92. The van der Waals surface area contributed by atoms with E-state index in [0.29, 0.717) is 11.3 Å². The quantitative estimate of drug-likeness (QED) is 0.357. The maximum Gasteiger partial charge on any atom is 0.269 e. The van der Waals surface area contributed by atoms with Crippen LogP contribution < -0.4 is 19.2 Å². The topological polar surface area (TPSA) is 140 Å². The van der Waals surface area contributed by atoms with E-state index in [9.17, 15) is 23.3 Å². The van der Waals surface area contributed by atoms with Gasteiger partial charge >= 0.3 is 0 Å². The molecular weight excluding hydrogens is 416 g/mol. The summed E-state index contributed by atoms with van der Waals surface area (Å²) in [5, 5.41) is 14.4. The van der Waals surface area contributed by atoms with Crippen molar-refractivity contribution in [3.63, 3.8) is 0 Å². The molecule has 2 rings (SSSR count). The number of rotatable bonds is 9. The molecule has 0 fully saturated rings. The van der Waals surface area contributed by atoms with Crippen molar-refractivity contribution in [3.05, 3.63) is 58.1 Å². The number of hydrogen-bond donors (Lipinski definition) is 1. The molecule has 160 valence electrons. The fourth-order valence-electron chi connectivity index (χ4n) is 2.40. The number of ether oxygens (including phenoxy) is 2. The van der Waals surface area contributed by atoms with Gasteiger partial charge in [-0.25, -0.2) is 13.8 Å².